The predicted octanol–water partition coefficient (Wildman–Crippen LogP) is 2.45. The molecule has 58 valence electrons. The fourth-order valence-electron chi connectivity index (χ4n) is 1.69. The van der Waals surface area contributed by atoms with Crippen LogP contribution in [-0.4, -0.2) is 0 Å². The van der Waals surface area contributed by atoms with E-state index in [1.54, 1.807) is 0 Å². The van der Waals surface area contributed by atoms with Crippen LogP contribution in [0, 0.1) is 36.0 Å². The molecule has 0 bridgehead atoms. The van der Waals surface area contributed by atoms with E-state index in [-0.39, 0.29) is 0 Å². The van der Waals surface area contributed by atoms with Gasteiger partial charge in [0.05, 0.1) is 0 Å². The first-order valence-corrected chi connectivity index (χ1v) is 4.27. The van der Waals surface area contributed by atoms with E-state index in [2.05, 4.69) is 17.8 Å². The van der Waals surface area contributed by atoms with Crippen LogP contribution in [0.15, 0.2) is 0 Å². The summed E-state index contributed by atoms with van der Waals surface area (Å²) in [6.45, 7) is 1.89. The van der Waals surface area contributed by atoms with E-state index in [0.29, 0.717) is 11.8 Å². The van der Waals surface area contributed by atoms with Gasteiger partial charge in [-0.2, -0.15) is 0 Å². The van der Waals surface area contributed by atoms with Crippen LogP contribution in [0.1, 0.15) is 32.6 Å². The Morgan fingerprint density at radius 2 is 1.82 bits per heavy atom. The number of rotatable bonds is 0. The zero-order valence-electron chi connectivity index (χ0n) is 7.06. The molecule has 2 unspecified atom stereocenters. The van der Waals surface area contributed by atoms with Crippen molar-refractivity contribution in [1.29, 1.82) is 0 Å². The molecule has 1 aliphatic rings. The molecule has 11 heavy (non-hydrogen) atoms. The van der Waals surface area contributed by atoms with Crippen LogP contribution < -0.4 is 0 Å². The summed E-state index contributed by atoms with van der Waals surface area (Å²) in [7, 11) is 0. The molecule has 0 saturated heterocycles. The molecule has 0 aromatic carbocycles. The number of hydrogen-bond acceptors (Lipinski definition) is 0. The highest BCUT2D eigenvalue weighted by atomic mass is 14.2. The lowest BCUT2D eigenvalue weighted by atomic mass is 9.80. The zero-order chi connectivity index (χ0) is 8.10. The largest absolute Gasteiger partial charge is 0.120 e. The molecule has 0 radical (unpaired) electrons. The lowest BCUT2D eigenvalue weighted by molar-refractivity contribution is 0.358. The van der Waals surface area contributed by atoms with Crippen LogP contribution >= 0.6 is 0 Å². The molecule has 0 aromatic heterocycles. The summed E-state index contributed by atoms with van der Waals surface area (Å²) >= 11 is 0. The van der Waals surface area contributed by atoms with Gasteiger partial charge in [-0.15, -0.1) is 18.3 Å². The summed E-state index contributed by atoms with van der Waals surface area (Å²) < 4.78 is 0. The van der Waals surface area contributed by atoms with Gasteiger partial charge in [-0.05, 0) is 19.8 Å². The van der Waals surface area contributed by atoms with Crippen LogP contribution in [0.4, 0.5) is 0 Å². The molecule has 2 atom stereocenters. The third-order valence-corrected chi connectivity index (χ3v) is 2.31. The van der Waals surface area contributed by atoms with E-state index in [4.69, 9.17) is 6.42 Å². The molecule has 0 spiro atoms. The Labute approximate surface area is 69.4 Å². The van der Waals surface area contributed by atoms with Crippen molar-refractivity contribution in [2.24, 2.45) is 11.8 Å². The maximum atomic E-state index is 5.41. The topological polar surface area (TPSA) is 0 Å². The summed E-state index contributed by atoms with van der Waals surface area (Å²) in [4.78, 5) is 0. The van der Waals surface area contributed by atoms with Crippen molar-refractivity contribution in [2.75, 3.05) is 0 Å². The quantitative estimate of drug-likeness (QED) is 0.460. The molecular weight excluding hydrogens is 132 g/mol. The van der Waals surface area contributed by atoms with Gasteiger partial charge in [0, 0.05) is 11.8 Å². The summed E-state index contributed by atoms with van der Waals surface area (Å²) in [5.74, 6) is 9.90. The van der Waals surface area contributed by atoms with E-state index in [9.17, 15) is 0 Å². The monoisotopic (exact) mass is 146 g/mol. The van der Waals surface area contributed by atoms with Crippen LogP contribution in [0.25, 0.3) is 0 Å². The first kappa shape index (κ1) is 8.22. The van der Waals surface area contributed by atoms with Crippen molar-refractivity contribution in [3.63, 3.8) is 0 Å². The maximum Gasteiger partial charge on any atom is 0.0340 e. The second-order valence-electron chi connectivity index (χ2n) is 3.06. The Kier molecular flexibility index (Phi) is 3.06. The van der Waals surface area contributed by atoms with Gasteiger partial charge in [0.25, 0.3) is 0 Å². The van der Waals surface area contributed by atoms with Crippen molar-refractivity contribution < 1.29 is 0 Å². The molecule has 0 N–H and O–H groups in total. The van der Waals surface area contributed by atoms with Crippen molar-refractivity contribution >= 4 is 0 Å². The van der Waals surface area contributed by atoms with E-state index < -0.39 is 0 Å². The molecule has 0 aliphatic heterocycles. The Bertz CT molecular complexity index is 208. The zero-order valence-corrected chi connectivity index (χ0v) is 7.06. The molecule has 0 nitrogen and oxygen atoms in total. The summed E-state index contributed by atoms with van der Waals surface area (Å²) in [6.07, 6.45) is 10.4. The van der Waals surface area contributed by atoms with Crippen LogP contribution in [0.3, 0.4) is 0 Å². The van der Waals surface area contributed by atoms with E-state index in [1.807, 2.05) is 6.92 Å². The fraction of sp³-hybridized carbons (Fsp3) is 0.636. The van der Waals surface area contributed by atoms with Crippen molar-refractivity contribution in [2.45, 2.75) is 32.6 Å². The van der Waals surface area contributed by atoms with Gasteiger partial charge in [0.2, 0.25) is 0 Å². The van der Waals surface area contributed by atoms with E-state index in [0.717, 1.165) is 0 Å². The van der Waals surface area contributed by atoms with Gasteiger partial charge in [-0.3, -0.25) is 0 Å². The summed E-state index contributed by atoms with van der Waals surface area (Å²) in [6, 6.07) is 0. The van der Waals surface area contributed by atoms with E-state index >= 15 is 0 Å². The summed E-state index contributed by atoms with van der Waals surface area (Å²) in [5, 5.41) is 0. The lowest BCUT2D eigenvalue weighted by Crippen LogP contribution is -2.16. The second-order valence-corrected chi connectivity index (χ2v) is 3.06. The first-order valence-electron chi connectivity index (χ1n) is 4.27. The van der Waals surface area contributed by atoms with Gasteiger partial charge < -0.3 is 0 Å². The summed E-state index contributed by atoms with van der Waals surface area (Å²) in [5.41, 5.74) is 0. The van der Waals surface area contributed by atoms with Crippen molar-refractivity contribution in [3.05, 3.63) is 0 Å². The third kappa shape index (κ3) is 2.02. The molecule has 1 aliphatic carbocycles. The molecule has 1 rings (SSSR count). The molecule has 0 heterocycles. The van der Waals surface area contributed by atoms with Crippen LogP contribution in [-0.2, 0) is 0 Å². The first-order chi connectivity index (χ1) is 5.38. The SMILES string of the molecule is C#CC1CCCCC1C#CC. The molecule has 0 heteroatoms. The predicted molar refractivity (Wildman–Crippen MR) is 47.7 cm³/mol. The minimum Gasteiger partial charge on any atom is -0.120 e. The lowest BCUT2D eigenvalue weighted by Gasteiger charge is -2.23. The van der Waals surface area contributed by atoms with Crippen LogP contribution in [0.5, 0.6) is 0 Å². The highest BCUT2D eigenvalue weighted by molar-refractivity contribution is 5.10. The van der Waals surface area contributed by atoms with Gasteiger partial charge in [-0.25, -0.2) is 0 Å². The van der Waals surface area contributed by atoms with Gasteiger partial charge in [0.15, 0.2) is 0 Å². The molecule has 0 aromatic rings. The Morgan fingerprint density at radius 3 is 2.36 bits per heavy atom. The second kappa shape index (κ2) is 4.09. The average Bonchev–Trinajstić information content (AvgIpc) is 2.06. The minimum atomic E-state index is 0.427. The van der Waals surface area contributed by atoms with Crippen molar-refractivity contribution in [3.8, 4) is 24.2 Å². The minimum absolute atomic E-state index is 0.427. The average molecular weight is 146 g/mol. The molecule has 0 amide bonds. The Hall–Kier alpha value is -0.880. The molecule has 1 fully saturated rings. The Balaban J connectivity index is 2.58. The van der Waals surface area contributed by atoms with Crippen molar-refractivity contribution in [1.82, 2.24) is 0 Å². The maximum absolute atomic E-state index is 5.41. The van der Waals surface area contributed by atoms with Gasteiger partial charge >= 0.3 is 0 Å². The number of hydrogen-bond donors (Lipinski definition) is 0. The molecule has 1 saturated carbocycles. The highest BCUT2D eigenvalue weighted by Gasteiger charge is 2.20. The third-order valence-electron chi connectivity index (χ3n) is 2.31. The van der Waals surface area contributed by atoms with Gasteiger partial charge in [0.1, 0.15) is 0 Å². The fourth-order valence-corrected chi connectivity index (χ4v) is 1.69. The van der Waals surface area contributed by atoms with Gasteiger partial charge in [-0.1, -0.05) is 18.8 Å². The smallest absolute Gasteiger partial charge is 0.0340 e. The Morgan fingerprint density at radius 1 is 1.18 bits per heavy atom. The number of terminal acetylenes is 1. The molecular formula is C11H14. The standard InChI is InChI=1S/C11H14/c1-3-7-11-9-6-5-8-10(11)4-2/h2,10-11H,5-6,8-9H2,1H3. The van der Waals surface area contributed by atoms with Crippen LogP contribution in [0.2, 0.25) is 0 Å². The normalized spacial score (nSPS) is 29.8. The van der Waals surface area contributed by atoms with E-state index in [1.165, 1.54) is 25.7 Å². The highest BCUT2D eigenvalue weighted by Crippen LogP contribution is 2.28.